The number of rotatable bonds is 5. The Bertz CT molecular complexity index is 611. The fourth-order valence-corrected chi connectivity index (χ4v) is 2.88. The molecular weight excluding hydrogens is 266 g/mol. The van der Waals surface area contributed by atoms with Gasteiger partial charge in [-0.2, -0.15) is 0 Å². The fraction of sp³-hybridized carbons (Fsp3) is 0.600. The lowest BCUT2D eigenvalue weighted by atomic mass is 10.1. The van der Waals surface area contributed by atoms with Gasteiger partial charge in [-0.25, -0.2) is 9.97 Å². The SMILES string of the molecule is CCCNc1cn2ccnc2c(N(C)C2CCOC2C)n1. The predicted octanol–water partition coefficient (Wildman–Crippen LogP) is 2.16. The molecule has 0 aliphatic carbocycles. The van der Waals surface area contributed by atoms with Crippen molar-refractivity contribution in [2.45, 2.75) is 38.8 Å². The van der Waals surface area contributed by atoms with Crippen LogP contribution in [-0.2, 0) is 4.74 Å². The van der Waals surface area contributed by atoms with E-state index in [1.54, 1.807) is 0 Å². The van der Waals surface area contributed by atoms with Gasteiger partial charge in [-0.3, -0.25) is 0 Å². The first kappa shape index (κ1) is 14.1. The first-order valence-corrected chi connectivity index (χ1v) is 7.62. The summed E-state index contributed by atoms with van der Waals surface area (Å²) in [7, 11) is 2.08. The van der Waals surface area contributed by atoms with E-state index in [1.807, 2.05) is 23.0 Å². The van der Waals surface area contributed by atoms with Crippen LogP contribution in [0.2, 0.25) is 0 Å². The summed E-state index contributed by atoms with van der Waals surface area (Å²) in [6, 6.07) is 0.347. The molecule has 0 aromatic carbocycles. The van der Waals surface area contributed by atoms with E-state index in [0.717, 1.165) is 43.3 Å². The summed E-state index contributed by atoms with van der Waals surface area (Å²) >= 11 is 0. The van der Waals surface area contributed by atoms with Gasteiger partial charge in [0, 0.05) is 32.6 Å². The van der Waals surface area contributed by atoms with Gasteiger partial charge in [0.2, 0.25) is 0 Å². The van der Waals surface area contributed by atoms with Crippen LogP contribution in [0.5, 0.6) is 0 Å². The van der Waals surface area contributed by atoms with Crippen LogP contribution >= 0.6 is 0 Å². The Morgan fingerprint density at radius 1 is 1.52 bits per heavy atom. The number of nitrogens with one attached hydrogen (secondary N) is 1. The molecule has 0 saturated carbocycles. The second-order valence-electron chi connectivity index (χ2n) is 5.58. The molecule has 1 aliphatic heterocycles. The maximum Gasteiger partial charge on any atom is 0.180 e. The third-order valence-corrected chi connectivity index (χ3v) is 4.08. The Hall–Kier alpha value is -1.82. The number of hydrogen-bond acceptors (Lipinski definition) is 5. The third-order valence-electron chi connectivity index (χ3n) is 4.08. The van der Waals surface area contributed by atoms with Gasteiger partial charge in [-0.15, -0.1) is 0 Å². The number of hydrogen-bond donors (Lipinski definition) is 1. The van der Waals surface area contributed by atoms with Crippen LogP contribution in [-0.4, -0.2) is 46.7 Å². The van der Waals surface area contributed by atoms with Crippen LogP contribution in [0.1, 0.15) is 26.7 Å². The predicted molar refractivity (Wildman–Crippen MR) is 84.0 cm³/mol. The van der Waals surface area contributed by atoms with E-state index in [9.17, 15) is 0 Å². The van der Waals surface area contributed by atoms with E-state index >= 15 is 0 Å². The Morgan fingerprint density at radius 2 is 2.38 bits per heavy atom. The molecule has 21 heavy (non-hydrogen) atoms. The summed E-state index contributed by atoms with van der Waals surface area (Å²) in [6.45, 7) is 6.00. The average molecular weight is 289 g/mol. The maximum atomic E-state index is 5.68. The van der Waals surface area contributed by atoms with Gasteiger partial charge >= 0.3 is 0 Å². The molecule has 2 unspecified atom stereocenters. The number of nitrogens with zero attached hydrogens (tertiary/aromatic N) is 4. The zero-order valence-electron chi connectivity index (χ0n) is 12.9. The molecule has 0 amide bonds. The molecule has 0 spiro atoms. The quantitative estimate of drug-likeness (QED) is 0.914. The van der Waals surface area contributed by atoms with E-state index in [0.29, 0.717) is 6.04 Å². The molecule has 0 bridgehead atoms. The van der Waals surface area contributed by atoms with Crippen LogP contribution in [0, 0.1) is 0 Å². The van der Waals surface area contributed by atoms with Gasteiger partial charge < -0.3 is 19.4 Å². The Kier molecular flexibility index (Phi) is 3.96. The number of ether oxygens (including phenoxy) is 1. The van der Waals surface area contributed by atoms with Crippen molar-refractivity contribution >= 4 is 17.3 Å². The molecule has 3 heterocycles. The molecule has 1 aliphatic rings. The van der Waals surface area contributed by atoms with Gasteiger partial charge in [-0.1, -0.05) is 6.92 Å². The van der Waals surface area contributed by atoms with Crippen molar-refractivity contribution in [1.29, 1.82) is 0 Å². The minimum absolute atomic E-state index is 0.221. The highest BCUT2D eigenvalue weighted by Gasteiger charge is 2.30. The molecule has 1 N–H and O–H groups in total. The largest absolute Gasteiger partial charge is 0.376 e. The fourth-order valence-electron chi connectivity index (χ4n) is 2.88. The zero-order chi connectivity index (χ0) is 14.8. The molecule has 2 aromatic heterocycles. The van der Waals surface area contributed by atoms with Crippen molar-refractivity contribution in [3.05, 3.63) is 18.6 Å². The van der Waals surface area contributed by atoms with Gasteiger partial charge in [-0.05, 0) is 19.8 Å². The number of fused-ring (bicyclic) bond motifs is 1. The van der Waals surface area contributed by atoms with Gasteiger partial charge in [0.05, 0.1) is 18.3 Å². The Labute approximate surface area is 125 Å². The summed E-state index contributed by atoms with van der Waals surface area (Å²) in [5.74, 6) is 1.79. The van der Waals surface area contributed by atoms with E-state index in [-0.39, 0.29) is 6.10 Å². The molecule has 1 saturated heterocycles. The lowest BCUT2D eigenvalue weighted by Crippen LogP contribution is -2.37. The molecule has 3 rings (SSSR count). The molecule has 0 radical (unpaired) electrons. The Balaban J connectivity index is 1.97. The summed E-state index contributed by atoms with van der Waals surface area (Å²) in [5, 5.41) is 3.36. The maximum absolute atomic E-state index is 5.68. The molecule has 2 atom stereocenters. The molecule has 1 fully saturated rings. The van der Waals surface area contributed by atoms with E-state index < -0.39 is 0 Å². The van der Waals surface area contributed by atoms with Gasteiger partial charge in [0.25, 0.3) is 0 Å². The molecule has 2 aromatic rings. The van der Waals surface area contributed by atoms with Crippen molar-refractivity contribution < 1.29 is 4.74 Å². The van der Waals surface area contributed by atoms with Crippen molar-refractivity contribution in [3.8, 4) is 0 Å². The smallest absolute Gasteiger partial charge is 0.180 e. The molecule has 6 nitrogen and oxygen atoms in total. The lowest BCUT2D eigenvalue weighted by Gasteiger charge is -2.28. The van der Waals surface area contributed by atoms with E-state index in [2.05, 4.69) is 36.1 Å². The average Bonchev–Trinajstić information content (AvgIpc) is 3.11. The number of anilines is 2. The van der Waals surface area contributed by atoms with Crippen LogP contribution in [0.15, 0.2) is 18.6 Å². The minimum atomic E-state index is 0.221. The number of likely N-dealkylation sites (N-methyl/N-ethyl adjacent to an activating group) is 1. The first-order chi connectivity index (χ1) is 10.2. The lowest BCUT2D eigenvalue weighted by molar-refractivity contribution is 0.118. The van der Waals surface area contributed by atoms with E-state index in [4.69, 9.17) is 9.72 Å². The summed E-state index contributed by atoms with van der Waals surface area (Å²) in [4.78, 5) is 11.4. The molecule has 6 heteroatoms. The summed E-state index contributed by atoms with van der Waals surface area (Å²) in [6.07, 6.45) is 8.08. The van der Waals surface area contributed by atoms with Crippen LogP contribution in [0.4, 0.5) is 11.6 Å². The highest BCUT2D eigenvalue weighted by atomic mass is 16.5. The topological polar surface area (TPSA) is 54.7 Å². The van der Waals surface area contributed by atoms with Crippen molar-refractivity contribution in [3.63, 3.8) is 0 Å². The molecular formula is C15H23N5O. The second-order valence-corrected chi connectivity index (χ2v) is 5.58. The van der Waals surface area contributed by atoms with Gasteiger partial charge in [0.1, 0.15) is 5.82 Å². The second kappa shape index (κ2) is 5.89. The summed E-state index contributed by atoms with van der Waals surface area (Å²) in [5.41, 5.74) is 0.888. The standard InChI is InChI=1S/C15H23N5O/c1-4-6-16-13-10-20-8-7-17-14(20)15(18-13)19(3)12-5-9-21-11(12)2/h7-8,10-12,16H,4-6,9H2,1-3H3. The van der Waals surface area contributed by atoms with Crippen molar-refractivity contribution in [1.82, 2.24) is 14.4 Å². The number of aromatic nitrogens is 3. The van der Waals surface area contributed by atoms with E-state index in [1.165, 1.54) is 0 Å². The van der Waals surface area contributed by atoms with Crippen molar-refractivity contribution in [2.75, 3.05) is 30.4 Å². The third kappa shape index (κ3) is 2.68. The monoisotopic (exact) mass is 289 g/mol. The first-order valence-electron chi connectivity index (χ1n) is 7.62. The van der Waals surface area contributed by atoms with Crippen LogP contribution < -0.4 is 10.2 Å². The highest BCUT2D eigenvalue weighted by molar-refractivity contribution is 5.67. The minimum Gasteiger partial charge on any atom is -0.376 e. The number of imidazole rings is 1. The van der Waals surface area contributed by atoms with Gasteiger partial charge in [0.15, 0.2) is 11.5 Å². The molecule has 114 valence electrons. The summed E-state index contributed by atoms with van der Waals surface area (Å²) < 4.78 is 7.71. The Morgan fingerprint density at radius 3 is 3.10 bits per heavy atom. The van der Waals surface area contributed by atoms with Crippen molar-refractivity contribution in [2.24, 2.45) is 0 Å². The normalized spacial score (nSPS) is 21.9. The highest BCUT2D eigenvalue weighted by Crippen LogP contribution is 2.26. The zero-order valence-corrected chi connectivity index (χ0v) is 12.9. The van der Waals surface area contributed by atoms with Crippen LogP contribution in [0.3, 0.4) is 0 Å². The van der Waals surface area contributed by atoms with Crippen LogP contribution in [0.25, 0.3) is 5.65 Å².